The minimum absolute atomic E-state index is 0.146. The van der Waals surface area contributed by atoms with E-state index >= 15 is 0 Å². The van der Waals surface area contributed by atoms with Crippen LogP contribution in [0.2, 0.25) is 0 Å². The van der Waals surface area contributed by atoms with Crippen molar-refractivity contribution in [2.24, 2.45) is 11.7 Å². The first-order valence-corrected chi connectivity index (χ1v) is 8.38. The van der Waals surface area contributed by atoms with Gasteiger partial charge in [-0.1, -0.05) is 23.5 Å². The molecule has 1 aliphatic heterocycles. The molecule has 23 heavy (non-hydrogen) atoms. The summed E-state index contributed by atoms with van der Waals surface area (Å²) in [5.41, 5.74) is 5.98. The largest absolute Gasteiger partial charge is 0.352 e. The fourth-order valence-corrected chi connectivity index (χ4v) is 3.61. The molecule has 0 saturated carbocycles. The van der Waals surface area contributed by atoms with Gasteiger partial charge in [0.25, 0.3) is 0 Å². The van der Waals surface area contributed by atoms with Gasteiger partial charge in [-0.25, -0.2) is 14.6 Å². The topological polar surface area (TPSA) is 100 Å². The lowest BCUT2D eigenvalue weighted by atomic mass is 9.98. The van der Waals surface area contributed by atoms with Crippen LogP contribution >= 0.6 is 11.3 Å². The molecular weight excluding hydrogens is 314 g/mol. The Balaban J connectivity index is 1.59. The van der Waals surface area contributed by atoms with Crippen molar-refractivity contribution in [2.45, 2.75) is 12.8 Å². The van der Waals surface area contributed by atoms with Crippen molar-refractivity contribution in [3.63, 3.8) is 0 Å². The van der Waals surface area contributed by atoms with Crippen LogP contribution in [0.3, 0.4) is 0 Å². The van der Waals surface area contributed by atoms with Gasteiger partial charge >= 0.3 is 12.1 Å². The summed E-state index contributed by atoms with van der Waals surface area (Å²) in [6.45, 7) is 1.82. The van der Waals surface area contributed by atoms with Crippen LogP contribution in [-0.4, -0.2) is 41.6 Å². The summed E-state index contributed by atoms with van der Waals surface area (Å²) in [5.74, 6) is 0.234. The van der Waals surface area contributed by atoms with Gasteiger partial charge in [-0.2, -0.15) is 0 Å². The van der Waals surface area contributed by atoms with Crippen molar-refractivity contribution in [1.29, 1.82) is 0 Å². The fourth-order valence-electron chi connectivity index (χ4n) is 2.76. The molecule has 1 saturated heterocycles. The van der Waals surface area contributed by atoms with Crippen LogP contribution < -0.4 is 16.4 Å². The number of fused-ring (bicyclic) bond motifs is 1. The minimum atomic E-state index is -0.527. The molecule has 1 atom stereocenters. The number of amides is 4. The minimum Gasteiger partial charge on any atom is -0.352 e. The molecule has 1 fully saturated rings. The first kappa shape index (κ1) is 15.5. The fraction of sp³-hybridized carbons (Fsp3) is 0.400. The van der Waals surface area contributed by atoms with Crippen molar-refractivity contribution in [3.8, 4) is 0 Å². The van der Waals surface area contributed by atoms with E-state index in [1.54, 1.807) is 4.90 Å². The Morgan fingerprint density at radius 3 is 3.00 bits per heavy atom. The lowest BCUT2D eigenvalue weighted by Crippen LogP contribution is -2.46. The van der Waals surface area contributed by atoms with Crippen LogP contribution in [-0.2, 0) is 0 Å². The second kappa shape index (κ2) is 6.82. The third kappa shape index (κ3) is 3.89. The molecule has 1 aliphatic rings. The number of rotatable bonds is 3. The number of piperidine rings is 1. The molecule has 7 nitrogen and oxygen atoms in total. The van der Waals surface area contributed by atoms with Crippen LogP contribution in [0.1, 0.15) is 12.8 Å². The zero-order valence-electron chi connectivity index (χ0n) is 12.6. The van der Waals surface area contributed by atoms with Gasteiger partial charge in [-0.15, -0.1) is 0 Å². The van der Waals surface area contributed by atoms with Gasteiger partial charge in [0.05, 0.1) is 10.2 Å². The second-order valence-corrected chi connectivity index (χ2v) is 6.65. The van der Waals surface area contributed by atoms with Crippen molar-refractivity contribution in [3.05, 3.63) is 24.3 Å². The van der Waals surface area contributed by atoms with Crippen LogP contribution in [0.5, 0.6) is 0 Å². The number of likely N-dealkylation sites (tertiary alicyclic amines) is 1. The zero-order chi connectivity index (χ0) is 16.2. The number of carbonyl (C=O) groups is 2. The third-order valence-corrected chi connectivity index (χ3v) is 4.83. The Bertz CT molecular complexity index is 684. The number of nitrogens with two attached hydrogens (primary N) is 1. The van der Waals surface area contributed by atoms with E-state index in [0.29, 0.717) is 24.8 Å². The lowest BCUT2D eigenvalue weighted by Gasteiger charge is -2.32. The monoisotopic (exact) mass is 333 g/mol. The molecular formula is C15H19N5O2S. The standard InChI is InChI=1S/C15H19N5O2S/c16-13(21)17-8-10-4-3-7-20(9-10)15(22)19-14-18-11-5-1-2-6-12(11)23-14/h1-2,5-6,10H,3-4,7-9H2,(H3,16,17,21)(H,18,19,22). The van der Waals surface area contributed by atoms with E-state index in [-0.39, 0.29) is 11.9 Å². The van der Waals surface area contributed by atoms with E-state index in [2.05, 4.69) is 15.6 Å². The van der Waals surface area contributed by atoms with Crippen LogP contribution in [0.15, 0.2) is 24.3 Å². The molecule has 0 spiro atoms. The number of urea groups is 2. The Kier molecular flexibility index (Phi) is 4.61. The highest BCUT2D eigenvalue weighted by atomic mass is 32.1. The highest BCUT2D eigenvalue weighted by Crippen LogP contribution is 2.26. The molecule has 2 aromatic rings. The number of para-hydroxylation sites is 1. The van der Waals surface area contributed by atoms with Crippen LogP contribution in [0.25, 0.3) is 10.2 Å². The summed E-state index contributed by atoms with van der Waals surface area (Å²) in [7, 11) is 0. The quantitative estimate of drug-likeness (QED) is 0.802. The molecule has 0 aliphatic carbocycles. The number of hydrogen-bond donors (Lipinski definition) is 3. The number of nitrogens with one attached hydrogen (secondary N) is 2. The number of aromatic nitrogens is 1. The maximum atomic E-state index is 12.4. The summed E-state index contributed by atoms with van der Waals surface area (Å²) in [6, 6.07) is 7.11. The number of nitrogens with zero attached hydrogens (tertiary/aromatic N) is 2. The van der Waals surface area contributed by atoms with E-state index in [1.807, 2.05) is 24.3 Å². The smallest absolute Gasteiger partial charge is 0.323 e. The van der Waals surface area contributed by atoms with Gasteiger partial charge in [0.2, 0.25) is 0 Å². The normalized spacial score (nSPS) is 17.9. The molecule has 1 aromatic carbocycles. The molecule has 8 heteroatoms. The number of hydrogen-bond acceptors (Lipinski definition) is 4. The predicted molar refractivity (Wildman–Crippen MR) is 90.5 cm³/mol. The number of primary amides is 1. The average Bonchev–Trinajstić information content (AvgIpc) is 2.95. The summed E-state index contributed by atoms with van der Waals surface area (Å²) in [5, 5.41) is 6.09. The molecule has 4 amide bonds. The van der Waals surface area contributed by atoms with E-state index in [0.717, 1.165) is 23.1 Å². The first-order valence-electron chi connectivity index (χ1n) is 7.56. The SMILES string of the molecule is NC(=O)NCC1CCCN(C(=O)Nc2nc3ccccc3s2)C1. The number of carbonyl (C=O) groups excluding carboxylic acids is 2. The third-order valence-electron chi connectivity index (χ3n) is 3.88. The second-order valence-electron chi connectivity index (χ2n) is 5.62. The average molecular weight is 333 g/mol. The van der Waals surface area contributed by atoms with E-state index in [4.69, 9.17) is 5.73 Å². The number of thiazole rings is 1. The Morgan fingerprint density at radius 2 is 2.22 bits per heavy atom. The highest BCUT2D eigenvalue weighted by molar-refractivity contribution is 7.22. The van der Waals surface area contributed by atoms with Gasteiger partial charge in [-0.05, 0) is 30.9 Å². The van der Waals surface area contributed by atoms with Crippen LogP contribution in [0, 0.1) is 5.92 Å². The molecule has 122 valence electrons. The number of benzene rings is 1. The highest BCUT2D eigenvalue weighted by Gasteiger charge is 2.24. The molecule has 1 aromatic heterocycles. The molecule has 4 N–H and O–H groups in total. The molecule has 0 bridgehead atoms. The van der Waals surface area contributed by atoms with Gasteiger partial charge in [0.15, 0.2) is 5.13 Å². The Morgan fingerprint density at radius 1 is 1.39 bits per heavy atom. The van der Waals surface area contributed by atoms with Gasteiger partial charge < -0.3 is 16.0 Å². The van der Waals surface area contributed by atoms with Gasteiger partial charge in [-0.3, -0.25) is 5.32 Å². The van der Waals surface area contributed by atoms with Gasteiger partial charge in [0, 0.05) is 19.6 Å². The molecule has 0 radical (unpaired) electrons. The van der Waals surface area contributed by atoms with Crippen molar-refractivity contribution >= 4 is 38.7 Å². The molecule has 3 rings (SSSR count). The summed E-state index contributed by atoms with van der Waals surface area (Å²) < 4.78 is 1.05. The number of anilines is 1. The van der Waals surface area contributed by atoms with E-state index in [1.165, 1.54) is 11.3 Å². The summed E-state index contributed by atoms with van der Waals surface area (Å²) in [6.07, 6.45) is 1.89. The molecule has 1 unspecified atom stereocenters. The van der Waals surface area contributed by atoms with E-state index in [9.17, 15) is 9.59 Å². The Labute approximate surface area is 137 Å². The van der Waals surface area contributed by atoms with Crippen molar-refractivity contribution < 1.29 is 9.59 Å². The Hall–Kier alpha value is -2.35. The molecule has 2 heterocycles. The first-order chi connectivity index (χ1) is 11.1. The lowest BCUT2D eigenvalue weighted by molar-refractivity contribution is 0.176. The summed E-state index contributed by atoms with van der Waals surface area (Å²) in [4.78, 5) is 29.4. The van der Waals surface area contributed by atoms with Gasteiger partial charge in [0.1, 0.15) is 0 Å². The maximum Gasteiger partial charge on any atom is 0.323 e. The summed E-state index contributed by atoms with van der Waals surface area (Å²) >= 11 is 1.46. The zero-order valence-corrected chi connectivity index (χ0v) is 13.4. The van der Waals surface area contributed by atoms with E-state index < -0.39 is 6.03 Å². The van der Waals surface area contributed by atoms with Crippen LogP contribution in [0.4, 0.5) is 14.7 Å². The van der Waals surface area contributed by atoms with Crippen molar-refractivity contribution in [1.82, 2.24) is 15.2 Å². The van der Waals surface area contributed by atoms with Crippen molar-refractivity contribution in [2.75, 3.05) is 25.0 Å². The maximum absolute atomic E-state index is 12.4. The predicted octanol–water partition coefficient (Wildman–Crippen LogP) is 2.21.